The number of nitrogens with two attached hydrogens (primary N) is 1. The van der Waals surface area contributed by atoms with Crippen molar-refractivity contribution in [1.82, 2.24) is 9.29 Å². The van der Waals surface area contributed by atoms with Crippen molar-refractivity contribution < 1.29 is 8.42 Å². The van der Waals surface area contributed by atoms with Crippen LogP contribution in [-0.2, 0) is 16.6 Å². The summed E-state index contributed by atoms with van der Waals surface area (Å²) in [7, 11) is -1.91. The topological polar surface area (TPSA) is 76.3 Å². The van der Waals surface area contributed by atoms with Crippen LogP contribution in [0, 0.1) is 0 Å². The van der Waals surface area contributed by atoms with Gasteiger partial charge in [-0.3, -0.25) is 0 Å². The van der Waals surface area contributed by atoms with E-state index in [-0.39, 0.29) is 11.1 Å². The largest absolute Gasteiger partial charge is 0.326 e. The Kier molecular flexibility index (Phi) is 5.25. The lowest BCUT2D eigenvalue weighted by Gasteiger charge is -2.23. The fourth-order valence-electron chi connectivity index (χ4n) is 1.67. The lowest BCUT2D eigenvalue weighted by molar-refractivity contribution is 0.367. The minimum Gasteiger partial charge on any atom is -0.326 e. The summed E-state index contributed by atoms with van der Waals surface area (Å²) in [5.41, 5.74) is 6.27. The van der Waals surface area contributed by atoms with Gasteiger partial charge in [-0.25, -0.2) is 13.4 Å². The van der Waals surface area contributed by atoms with Crippen molar-refractivity contribution in [3.8, 4) is 0 Å². The molecule has 0 radical (unpaired) electrons. The number of aromatic nitrogens is 1. The highest BCUT2D eigenvalue weighted by Crippen LogP contribution is 2.16. The van der Waals surface area contributed by atoms with Crippen LogP contribution < -0.4 is 5.73 Å². The second-order valence-electron chi connectivity index (χ2n) is 4.37. The molecule has 1 atom stereocenters. The molecule has 1 rings (SSSR count). The van der Waals surface area contributed by atoms with E-state index in [1.54, 1.807) is 13.1 Å². The van der Waals surface area contributed by atoms with Crippen LogP contribution in [0.5, 0.6) is 0 Å². The van der Waals surface area contributed by atoms with Gasteiger partial charge in [-0.05, 0) is 25.0 Å². The predicted octanol–water partition coefficient (Wildman–Crippen LogP) is 1.35. The maximum atomic E-state index is 12.3. The minimum atomic E-state index is -3.50. The molecule has 0 saturated heterocycles. The summed E-state index contributed by atoms with van der Waals surface area (Å²) in [4.78, 5) is 3.98. The molecule has 1 aromatic rings. The second kappa shape index (κ2) is 6.26. The molecule has 1 unspecified atom stereocenters. The van der Waals surface area contributed by atoms with Crippen LogP contribution in [0.1, 0.15) is 32.3 Å². The molecular formula is C12H21N3O2S. The highest BCUT2D eigenvalue weighted by Gasteiger charge is 2.25. The van der Waals surface area contributed by atoms with Gasteiger partial charge >= 0.3 is 0 Å². The minimum absolute atomic E-state index is 0.0315. The van der Waals surface area contributed by atoms with E-state index in [2.05, 4.69) is 4.98 Å². The fourth-order valence-corrected chi connectivity index (χ4v) is 2.97. The van der Waals surface area contributed by atoms with Gasteiger partial charge in [-0.15, -0.1) is 0 Å². The Morgan fingerprint density at radius 3 is 2.56 bits per heavy atom. The summed E-state index contributed by atoms with van der Waals surface area (Å²) in [6, 6.07) is 3.17. The van der Waals surface area contributed by atoms with Crippen molar-refractivity contribution in [3.63, 3.8) is 0 Å². The molecule has 6 heteroatoms. The number of pyridine rings is 1. The number of sulfonamides is 1. The molecule has 0 aliphatic rings. The average Bonchev–Trinajstić information content (AvgIpc) is 2.38. The van der Waals surface area contributed by atoms with Gasteiger partial charge in [0.25, 0.3) is 10.0 Å². The van der Waals surface area contributed by atoms with E-state index in [1.807, 2.05) is 13.8 Å². The zero-order valence-electron chi connectivity index (χ0n) is 11.1. The molecule has 0 aromatic carbocycles. The average molecular weight is 271 g/mol. The molecule has 1 heterocycles. The van der Waals surface area contributed by atoms with Crippen molar-refractivity contribution >= 4 is 10.0 Å². The fraction of sp³-hybridized carbons (Fsp3) is 0.583. The van der Waals surface area contributed by atoms with Gasteiger partial charge in [-0.1, -0.05) is 19.4 Å². The molecule has 0 fully saturated rings. The zero-order chi connectivity index (χ0) is 13.8. The highest BCUT2D eigenvalue weighted by atomic mass is 32.2. The van der Waals surface area contributed by atoms with Gasteiger partial charge in [0.1, 0.15) is 0 Å². The van der Waals surface area contributed by atoms with Crippen LogP contribution in [0.25, 0.3) is 0 Å². The van der Waals surface area contributed by atoms with Crippen LogP contribution in [-0.4, -0.2) is 30.8 Å². The molecule has 0 aliphatic carbocycles. The zero-order valence-corrected chi connectivity index (χ0v) is 11.9. The van der Waals surface area contributed by atoms with E-state index in [0.717, 1.165) is 18.4 Å². The Hall–Kier alpha value is -0.980. The predicted molar refractivity (Wildman–Crippen MR) is 71.4 cm³/mol. The lowest BCUT2D eigenvalue weighted by Crippen LogP contribution is -2.35. The summed E-state index contributed by atoms with van der Waals surface area (Å²) >= 11 is 0. The molecule has 1 aromatic heterocycles. The van der Waals surface area contributed by atoms with Crippen molar-refractivity contribution in [2.24, 2.45) is 5.73 Å². The van der Waals surface area contributed by atoms with E-state index in [1.165, 1.54) is 16.6 Å². The maximum Gasteiger partial charge on any atom is 0.260 e. The number of rotatable bonds is 6. The summed E-state index contributed by atoms with van der Waals surface area (Å²) in [5, 5.41) is 0.0742. The Morgan fingerprint density at radius 1 is 1.44 bits per heavy atom. The van der Waals surface area contributed by atoms with Crippen molar-refractivity contribution in [2.45, 2.75) is 44.3 Å². The third kappa shape index (κ3) is 3.28. The highest BCUT2D eigenvalue weighted by molar-refractivity contribution is 7.89. The Labute approximate surface area is 109 Å². The summed E-state index contributed by atoms with van der Waals surface area (Å²) < 4.78 is 25.9. The van der Waals surface area contributed by atoms with Gasteiger partial charge in [-0.2, -0.15) is 4.31 Å². The Balaban J connectivity index is 2.97. The first-order valence-electron chi connectivity index (χ1n) is 6.06. The van der Waals surface area contributed by atoms with Gasteiger partial charge < -0.3 is 5.73 Å². The van der Waals surface area contributed by atoms with Gasteiger partial charge in [0.05, 0.1) is 0 Å². The van der Waals surface area contributed by atoms with Crippen LogP contribution >= 0.6 is 0 Å². The third-order valence-corrected chi connectivity index (χ3v) is 4.89. The Bertz CT molecular complexity index is 471. The molecule has 0 amide bonds. The molecule has 0 saturated carbocycles. The summed E-state index contributed by atoms with van der Waals surface area (Å²) in [6.07, 6.45) is 3.28. The number of hydrogen-bond acceptors (Lipinski definition) is 4. The number of hydrogen-bond donors (Lipinski definition) is 1. The van der Waals surface area contributed by atoms with Crippen LogP contribution in [0.15, 0.2) is 23.4 Å². The van der Waals surface area contributed by atoms with E-state index in [0.29, 0.717) is 6.54 Å². The first-order chi connectivity index (χ1) is 8.43. The van der Waals surface area contributed by atoms with Crippen LogP contribution in [0.2, 0.25) is 0 Å². The lowest BCUT2D eigenvalue weighted by atomic mass is 10.2. The molecule has 5 nitrogen and oxygen atoms in total. The van der Waals surface area contributed by atoms with Gasteiger partial charge in [0.2, 0.25) is 0 Å². The molecule has 2 N–H and O–H groups in total. The molecule has 18 heavy (non-hydrogen) atoms. The van der Waals surface area contributed by atoms with Crippen molar-refractivity contribution in [2.75, 3.05) is 7.05 Å². The molecular weight excluding hydrogens is 250 g/mol. The molecule has 0 bridgehead atoms. The Morgan fingerprint density at radius 2 is 2.11 bits per heavy atom. The summed E-state index contributed by atoms with van der Waals surface area (Å²) in [5.74, 6) is 0. The maximum absolute atomic E-state index is 12.3. The second-order valence-corrected chi connectivity index (χ2v) is 6.31. The van der Waals surface area contributed by atoms with Crippen molar-refractivity contribution in [1.29, 1.82) is 0 Å². The monoisotopic (exact) mass is 271 g/mol. The van der Waals surface area contributed by atoms with E-state index in [9.17, 15) is 8.42 Å². The quantitative estimate of drug-likeness (QED) is 0.847. The van der Waals surface area contributed by atoms with Gasteiger partial charge in [0.15, 0.2) is 5.03 Å². The van der Waals surface area contributed by atoms with Crippen LogP contribution in [0.3, 0.4) is 0 Å². The summed E-state index contributed by atoms with van der Waals surface area (Å²) in [6.45, 7) is 4.29. The standard InChI is InChI=1S/C12H21N3O2S/c1-4-5-10(2)15(3)18(16,17)12-7-6-11(8-13)9-14-12/h6-7,9-10H,4-5,8,13H2,1-3H3. The molecule has 102 valence electrons. The molecule has 0 aliphatic heterocycles. The third-order valence-electron chi connectivity index (χ3n) is 3.00. The van der Waals surface area contributed by atoms with E-state index in [4.69, 9.17) is 5.73 Å². The van der Waals surface area contributed by atoms with E-state index >= 15 is 0 Å². The first kappa shape index (κ1) is 15.1. The first-order valence-corrected chi connectivity index (χ1v) is 7.50. The van der Waals surface area contributed by atoms with Gasteiger partial charge in [0, 0.05) is 25.8 Å². The van der Waals surface area contributed by atoms with Crippen molar-refractivity contribution in [3.05, 3.63) is 23.9 Å². The smallest absolute Gasteiger partial charge is 0.260 e. The van der Waals surface area contributed by atoms with E-state index < -0.39 is 10.0 Å². The molecule has 0 spiro atoms. The SMILES string of the molecule is CCCC(C)N(C)S(=O)(=O)c1ccc(CN)cn1. The normalized spacial score (nSPS) is 13.8. The number of nitrogens with zero attached hydrogens (tertiary/aromatic N) is 2. The van der Waals surface area contributed by atoms with Crippen LogP contribution in [0.4, 0.5) is 0 Å².